The van der Waals surface area contributed by atoms with Crippen molar-refractivity contribution >= 4 is 23.3 Å². The number of nitrogens with one attached hydrogen (secondary N) is 1. The molecule has 1 heterocycles. The Morgan fingerprint density at radius 2 is 2.20 bits per heavy atom. The van der Waals surface area contributed by atoms with Crippen LogP contribution in [0.2, 0.25) is 5.02 Å². The van der Waals surface area contributed by atoms with E-state index in [-0.39, 0.29) is 17.1 Å². The van der Waals surface area contributed by atoms with E-state index in [1.807, 2.05) is 6.07 Å². The van der Waals surface area contributed by atoms with Crippen molar-refractivity contribution in [2.75, 3.05) is 12.4 Å². The molecule has 1 aromatic heterocycles. The number of halogens is 1. The largest absolute Gasteiger partial charge is 0.496 e. The fourth-order valence-corrected chi connectivity index (χ4v) is 1.66. The molecule has 7 heteroatoms. The molecule has 100 valence electrons. The lowest BCUT2D eigenvalue weighted by Gasteiger charge is -2.09. The van der Waals surface area contributed by atoms with Crippen molar-refractivity contribution in [1.29, 1.82) is 5.26 Å². The third-order valence-electron chi connectivity index (χ3n) is 2.41. The molecule has 1 amide bonds. The molecule has 1 aromatic carbocycles. The zero-order valence-corrected chi connectivity index (χ0v) is 11.2. The maximum Gasteiger partial charge on any atom is 0.260 e. The van der Waals surface area contributed by atoms with Gasteiger partial charge in [0.1, 0.15) is 11.8 Å². The van der Waals surface area contributed by atoms with Gasteiger partial charge >= 0.3 is 0 Å². The minimum Gasteiger partial charge on any atom is -0.496 e. The second-order valence-corrected chi connectivity index (χ2v) is 4.13. The van der Waals surface area contributed by atoms with Gasteiger partial charge in [-0.3, -0.25) is 4.79 Å². The van der Waals surface area contributed by atoms with Gasteiger partial charge in [-0.2, -0.15) is 5.26 Å². The van der Waals surface area contributed by atoms with Gasteiger partial charge in [-0.15, -0.1) is 0 Å². The molecule has 0 saturated carbocycles. The first-order valence-corrected chi connectivity index (χ1v) is 5.89. The highest BCUT2D eigenvalue weighted by atomic mass is 35.5. The average molecular weight is 289 g/mol. The number of nitriles is 1. The molecular weight excluding hydrogens is 280 g/mol. The van der Waals surface area contributed by atoms with Crippen molar-refractivity contribution in [3.8, 4) is 11.8 Å². The predicted molar refractivity (Wildman–Crippen MR) is 72.7 cm³/mol. The van der Waals surface area contributed by atoms with Gasteiger partial charge in [-0.05, 0) is 18.2 Å². The van der Waals surface area contributed by atoms with Crippen LogP contribution in [0.1, 0.15) is 16.1 Å². The highest BCUT2D eigenvalue weighted by Crippen LogP contribution is 2.23. The Morgan fingerprint density at radius 3 is 2.80 bits per heavy atom. The normalized spacial score (nSPS) is 9.65. The van der Waals surface area contributed by atoms with E-state index in [2.05, 4.69) is 15.3 Å². The topological polar surface area (TPSA) is 87.9 Å². The Bertz CT molecular complexity index is 680. The predicted octanol–water partition coefficient (Wildman–Crippen LogP) is 2.26. The highest BCUT2D eigenvalue weighted by Gasteiger charge is 2.13. The molecule has 0 atom stereocenters. The summed E-state index contributed by atoms with van der Waals surface area (Å²) < 4.78 is 5.10. The van der Waals surface area contributed by atoms with Crippen molar-refractivity contribution in [1.82, 2.24) is 9.97 Å². The third-order valence-corrected chi connectivity index (χ3v) is 2.65. The van der Waals surface area contributed by atoms with Crippen LogP contribution in [-0.2, 0) is 0 Å². The van der Waals surface area contributed by atoms with E-state index < -0.39 is 5.91 Å². The lowest BCUT2D eigenvalue weighted by atomic mass is 10.2. The number of carbonyl (C=O) groups is 1. The Balaban J connectivity index is 2.23. The van der Waals surface area contributed by atoms with Gasteiger partial charge in [0, 0.05) is 5.02 Å². The van der Waals surface area contributed by atoms with Crippen LogP contribution in [0.15, 0.2) is 30.6 Å². The Hall–Kier alpha value is -2.65. The number of rotatable bonds is 3. The SMILES string of the molecule is COc1ccc(Cl)cc1C(=O)Nc1cnc(C#N)cn1. The van der Waals surface area contributed by atoms with Gasteiger partial charge < -0.3 is 10.1 Å². The van der Waals surface area contributed by atoms with Gasteiger partial charge in [0.05, 0.1) is 25.1 Å². The summed E-state index contributed by atoms with van der Waals surface area (Å²) in [4.78, 5) is 19.8. The average Bonchev–Trinajstić information content (AvgIpc) is 2.48. The number of aromatic nitrogens is 2. The number of benzene rings is 1. The summed E-state index contributed by atoms with van der Waals surface area (Å²) >= 11 is 5.86. The van der Waals surface area contributed by atoms with Gasteiger partial charge in [0.25, 0.3) is 5.91 Å². The summed E-state index contributed by atoms with van der Waals surface area (Å²) in [6.07, 6.45) is 2.57. The summed E-state index contributed by atoms with van der Waals surface area (Å²) in [5.74, 6) is 0.202. The molecule has 0 bridgehead atoms. The van der Waals surface area contributed by atoms with Crippen LogP contribution in [0, 0.1) is 11.3 Å². The molecule has 2 rings (SSSR count). The third kappa shape index (κ3) is 3.02. The molecule has 0 radical (unpaired) electrons. The number of nitrogens with zero attached hydrogens (tertiary/aromatic N) is 3. The first kappa shape index (κ1) is 13.8. The number of hydrogen-bond acceptors (Lipinski definition) is 5. The summed E-state index contributed by atoms with van der Waals surface area (Å²) in [7, 11) is 1.46. The summed E-state index contributed by atoms with van der Waals surface area (Å²) in [6.45, 7) is 0. The van der Waals surface area contributed by atoms with Crippen molar-refractivity contribution in [2.24, 2.45) is 0 Å². The Kier molecular flexibility index (Phi) is 4.13. The fraction of sp³-hybridized carbons (Fsp3) is 0.0769. The van der Waals surface area contributed by atoms with Crippen molar-refractivity contribution in [3.05, 3.63) is 46.9 Å². The number of ether oxygens (including phenoxy) is 1. The first-order chi connectivity index (χ1) is 9.63. The van der Waals surface area contributed by atoms with Crippen LogP contribution < -0.4 is 10.1 Å². The highest BCUT2D eigenvalue weighted by molar-refractivity contribution is 6.31. The maximum atomic E-state index is 12.1. The molecule has 6 nitrogen and oxygen atoms in total. The lowest BCUT2D eigenvalue weighted by molar-refractivity contribution is 0.102. The van der Waals surface area contributed by atoms with E-state index in [0.717, 1.165) is 0 Å². The first-order valence-electron chi connectivity index (χ1n) is 5.51. The monoisotopic (exact) mass is 288 g/mol. The molecule has 0 saturated heterocycles. The number of methoxy groups -OCH3 is 1. The lowest BCUT2D eigenvalue weighted by Crippen LogP contribution is -2.14. The van der Waals surface area contributed by atoms with Crippen LogP contribution in [0.3, 0.4) is 0 Å². The number of anilines is 1. The van der Waals surface area contributed by atoms with E-state index >= 15 is 0 Å². The second kappa shape index (κ2) is 5.99. The second-order valence-electron chi connectivity index (χ2n) is 3.70. The molecule has 0 spiro atoms. The van der Waals surface area contributed by atoms with Crippen LogP contribution in [0.25, 0.3) is 0 Å². The molecule has 0 fully saturated rings. The standard InChI is InChI=1S/C13H9ClN4O2/c1-20-11-3-2-8(14)4-10(11)13(19)18-12-7-16-9(5-15)6-17-12/h2-4,6-7H,1H3,(H,17,18,19). The summed E-state index contributed by atoms with van der Waals surface area (Å²) in [5, 5.41) is 11.6. The minimum atomic E-state index is -0.427. The van der Waals surface area contributed by atoms with Crippen LogP contribution in [0.4, 0.5) is 5.82 Å². The smallest absolute Gasteiger partial charge is 0.260 e. The van der Waals surface area contributed by atoms with E-state index in [9.17, 15) is 4.79 Å². The molecule has 2 aromatic rings. The Morgan fingerprint density at radius 1 is 1.40 bits per heavy atom. The van der Waals surface area contributed by atoms with Crippen LogP contribution >= 0.6 is 11.6 Å². The molecular formula is C13H9ClN4O2. The van der Waals surface area contributed by atoms with Crippen molar-refractivity contribution < 1.29 is 9.53 Å². The molecule has 1 N–H and O–H groups in total. The molecule has 20 heavy (non-hydrogen) atoms. The van der Waals surface area contributed by atoms with E-state index in [1.165, 1.54) is 25.6 Å². The van der Waals surface area contributed by atoms with Gasteiger partial charge in [-0.25, -0.2) is 9.97 Å². The quantitative estimate of drug-likeness (QED) is 0.936. The van der Waals surface area contributed by atoms with Crippen molar-refractivity contribution in [2.45, 2.75) is 0 Å². The van der Waals surface area contributed by atoms with E-state index in [4.69, 9.17) is 21.6 Å². The number of hydrogen-bond donors (Lipinski definition) is 1. The van der Waals surface area contributed by atoms with Crippen LogP contribution in [0.5, 0.6) is 5.75 Å². The fourth-order valence-electron chi connectivity index (χ4n) is 1.49. The maximum absolute atomic E-state index is 12.1. The molecule has 0 aliphatic carbocycles. The number of carbonyl (C=O) groups excluding carboxylic acids is 1. The van der Waals surface area contributed by atoms with Gasteiger partial charge in [-0.1, -0.05) is 11.6 Å². The van der Waals surface area contributed by atoms with Crippen LogP contribution in [-0.4, -0.2) is 23.0 Å². The summed E-state index contributed by atoms with van der Waals surface area (Å²) in [6, 6.07) is 6.56. The molecule has 0 unspecified atom stereocenters. The molecule has 0 aliphatic rings. The zero-order valence-electron chi connectivity index (χ0n) is 10.4. The van der Waals surface area contributed by atoms with E-state index in [0.29, 0.717) is 10.8 Å². The number of amides is 1. The summed E-state index contributed by atoms with van der Waals surface area (Å²) in [5.41, 5.74) is 0.453. The zero-order chi connectivity index (χ0) is 14.5. The Labute approximate surface area is 120 Å². The van der Waals surface area contributed by atoms with Crippen molar-refractivity contribution in [3.63, 3.8) is 0 Å². The minimum absolute atomic E-state index is 0.170. The van der Waals surface area contributed by atoms with Gasteiger partial charge in [0.2, 0.25) is 0 Å². The van der Waals surface area contributed by atoms with Gasteiger partial charge in [0.15, 0.2) is 11.5 Å². The van der Waals surface area contributed by atoms with E-state index in [1.54, 1.807) is 12.1 Å². The molecule has 0 aliphatic heterocycles.